The second-order valence-corrected chi connectivity index (χ2v) is 41.8. The van der Waals surface area contributed by atoms with Gasteiger partial charge in [0, 0.05) is 35.9 Å². The van der Waals surface area contributed by atoms with Crippen molar-refractivity contribution < 1.29 is 44.3 Å². The molecule has 0 aromatic rings. The topological polar surface area (TPSA) is 158 Å². The Balaban J connectivity index is 0.000000113. The molecule has 4 N–H and O–H groups in total. The molecule has 17 aliphatic rings. The second-order valence-electron chi connectivity index (χ2n) is 41.8. The normalized spacial score (nSPS) is 54.5. The van der Waals surface area contributed by atoms with Crippen molar-refractivity contribution in [1.29, 1.82) is 0 Å². The fraction of sp³-hybridized carbons (Fsp3) is 0.956. The zero-order chi connectivity index (χ0) is 70.5. The largest absolute Gasteiger partial charge is 0.462 e. The van der Waals surface area contributed by atoms with Crippen molar-refractivity contribution in [1.82, 2.24) is 0 Å². The molecule has 1 aliphatic heterocycles. The van der Waals surface area contributed by atoms with Crippen LogP contribution >= 0.6 is 0 Å². The highest BCUT2D eigenvalue weighted by molar-refractivity contribution is 5.91. The Bertz CT molecular complexity index is 2940. The Morgan fingerprint density at radius 3 is 1.23 bits per heavy atom. The van der Waals surface area contributed by atoms with Gasteiger partial charge in [-0.05, 0) is 417 Å². The molecule has 9 nitrogen and oxygen atoms in total. The van der Waals surface area contributed by atoms with E-state index in [2.05, 4.69) is 55.4 Å². The molecular formula is C90H146O9. The number of carbonyl (C=O) groups excluding carboxylic acids is 4. The summed E-state index contributed by atoms with van der Waals surface area (Å²) in [6, 6.07) is 0. The van der Waals surface area contributed by atoms with Gasteiger partial charge < -0.3 is 25.2 Å². The summed E-state index contributed by atoms with van der Waals surface area (Å²) in [6.45, 7) is 29.9. The molecule has 17 rings (SSSR count). The number of carbonyl (C=O) groups is 4. The number of aliphatic hydroxyl groups is 4. The summed E-state index contributed by atoms with van der Waals surface area (Å²) in [5.74, 6) is 17.5. The van der Waals surface area contributed by atoms with Crippen molar-refractivity contribution in [3.63, 3.8) is 0 Å². The van der Waals surface area contributed by atoms with Crippen molar-refractivity contribution >= 4 is 23.3 Å². The van der Waals surface area contributed by atoms with Crippen LogP contribution in [0.4, 0.5) is 0 Å². The first-order valence-corrected chi connectivity index (χ1v) is 43.3. The van der Waals surface area contributed by atoms with Crippen LogP contribution in [0.5, 0.6) is 0 Å². The molecule has 9 heteroatoms. The Hall–Kier alpha value is -1.68. The number of esters is 1. The number of aliphatic hydroxyl groups excluding tert-OH is 4. The van der Waals surface area contributed by atoms with Crippen LogP contribution in [0, 0.1) is 185 Å². The summed E-state index contributed by atoms with van der Waals surface area (Å²) in [6.07, 6.45) is 45.3. The minimum atomic E-state index is -0.349. The first-order chi connectivity index (χ1) is 47.0. The predicted molar refractivity (Wildman–Crippen MR) is 394 cm³/mol. The van der Waals surface area contributed by atoms with Gasteiger partial charge in [-0.1, -0.05) is 61.3 Å². The van der Waals surface area contributed by atoms with Crippen LogP contribution in [0.15, 0.2) is 0 Å². The Labute approximate surface area is 602 Å². The maximum atomic E-state index is 12.9. The van der Waals surface area contributed by atoms with Gasteiger partial charge in [0.05, 0.1) is 17.6 Å². The first-order valence-electron chi connectivity index (χ1n) is 43.3. The molecule has 0 aromatic carbocycles. The van der Waals surface area contributed by atoms with Gasteiger partial charge in [0.15, 0.2) is 0 Å². The van der Waals surface area contributed by atoms with Crippen molar-refractivity contribution in [2.45, 2.75) is 339 Å². The van der Waals surface area contributed by atoms with E-state index in [1.807, 2.05) is 20.8 Å². The lowest BCUT2D eigenvalue weighted by atomic mass is 9.43. The van der Waals surface area contributed by atoms with E-state index >= 15 is 0 Å². The smallest absolute Gasteiger partial charge is 0.313 e. The second kappa shape index (κ2) is 27.5. The Kier molecular flexibility index (Phi) is 20.6. The van der Waals surface area contributed by atoms with Gasteiger partial charge in [-0.2, -0.15) is 0 Å². The number of ether oxygens (including phenoxy) is 1. The molecule has 0 aromatic heterocycles. The highest BCUT2D eigenvalue weighted by Crippen LogP contribution is 2.74. The standard InChI is InChI=1S/C23H36O3.C23H38O2.C22H34O3.C22H38O/c1-14(25)19-6-7-21-18-5-4-17-12-16(13-24)8-10-22(17,3)20(18)9-11-23(19,21)15(2)26;1-14-9-11-22(4)17(13-14)5-6-18-20(22)10-12-23(16(3)25)19(15(2)24)7-8-21(18)23;1-13-17-5-6-19-16-4-3-15-11-14(12-23)7-9-21(15,2)18(16)8-10-22(17,19)20(24)25-13;1-14-9-11-21(3)16(13-14)5-6-17-19-8-7-18(15(2)23)22(19,4)12-10-20(17)21/h16-21,24H,4-13H2,1-3H3;14-15,17-21,24H,5-13H2,1-4H3;13-19,23H,3-12H2,1-2H3;14-20,23H,5-13H2,1-4H3/t16-,17+,18-,19-,20+,21+,22+,23+;14-,15-,17+,18-,19-,20+,21+,22+,23+;13-,14-,15+,16-,17-,18+,19+,21+,22+;14-,15-,16+,17+,18-,19+,20+,21+,22-/m1111/s1. The van der Waals surface area contributed by atoms with E-state index in [1.54, 1.807) is 13.8 Å². The maximum absolute atomic E-state index is 12.9. The van der Waals surface area contributed by atoms with E-state index in [-0.39, 0.29) is 63.9 Å². The van der Waals surface area contributed by atoms with Gasteiger partial charge in [-0.25, -0.2) is 0 Å². The average Bonchev–Trinajstić information content (AvgIpc) is 1.62. The van der Waals surface area contributed by atoms with E-state index in [1.165, 1.54) is 180 Å². The van der Waals surface area contributed by atoms with Crippen LogP contribution in [0.25, 0.3) is 0 Å². The molecule has 560 valence electrons. The molecule has 1 saturated heterocycles. The highest BCUT2D eigenvalue weighted by atomic mass is 16.6. The highest BCUT2D eigenvalue weighted by Gasteiger charge is 2.71. The summed E-state index contributed by atoms with van der Waals surface area (Å²) in [4.78, 5) is 51.0. The molecule has 16 aliphatic carbocycles. The minimum absolute atomic E-state index is 0.0263. The number of Topliss-reactive ketones (excluding diaryl/α,β-unsaturated/α-hetero) is 3. The van der Waals surface area contributed by atoms with Crippen molar-refractivity contribution in [3.8, 4) is 0 Å². The average molecular weight is 1370 g/mol. The molecule has 1 heterocycles. The molecule has 0 radical (unpaired) electrons. The fourth-order valence-electron chi connectivity index (χ4n) is 34.0. The molecule has 35 atom stereocenters. The molecular weight excluding hydrogens is 1220 g/mol. The van der Waals surface area contributed by atoms with Gasteiger partial charge in [0.2, 0.25) is 0 Å². The van der Waals surface area contributed by atoms with E-state index in [0.29, 0.717) is 99.3 Å². The third kappa shape index (κ3) is 11.6. The first kappa shape index (κ1) is 74.2. The van der Waals surface area contributed by atoms with Crippen molar-refractivity contribution in [3.05, 3.63) is 0 Å². The quantitative estimate of drug-likeness (QED) is 0.182. The van der Waals surface area contributed by atoms with Crippen molar-refractivity contribution in [2.24, 2.45) is 185 Å². The number of hydrogen-bond acceptors (Lipinski definition) is 9. The van der Waals surface area contributed by atoms with Gasteiger partial charge >= 0.3 is 5.97 Å². The Morgan fingerprint density at radius 2 is 0.758 bits per heavy atom. The van der Waals surface area contributed by atoms with Gasteiger partial charge in [-0.3, -0.25) is 19.2 Å². The molecule has 0 bridgehead atoms. The molecule has 1 spiro atoms. The fourth-order valence-corrected chi connectivity index (χ4v) is 34.0. The van der Waals surface area contributed by atoms with E-state index in [9.17, 15) is 39.6 Å². The van der Waals surface area contributed by atoms with Crippen LogP contribution in [0.3, 0.4) is 0 Å². The van der Waals surface area contributed by atoms with Gasteiger partial charge in [-0.15, -0.1) is 0 Å². The molecule has 17 fully saturated rings. The van der Waals surface area contributed by atoms with E-state index in [0.717, 1.165) is 128 Å². The molecule has 16 saturated carbocycles. The van der Waals surface area contributed by atoms with Crippen molar-refractivity contribution in [2.75, 3.05) is 13.2 Å². The number of hydrogen-bond donors (Lipinski definition) is 4. The summed E-state index contributed by atoms with van der Waals surface area (Å²) in [5.41, 5.74) is 1.74. The maximum Gasteiger partial charge on any atom is 0.313 e. The lowest BCUT2D eigenvalue weighted by molar-refractivity contribution is -0.163. The summed E-state index contributed by atoms with van der Waals surface area (Å²) in [7, 11) is 0. The van der Waals surface area contributed by atoms with Crippen LogP contribution in [-0.4, -0.2) is 75.3 Å². The SMILES string of the molecule is CC(=O)[C@H]1CC[C@H]2[C@@H]3CC[C@H]4C[C@H](CO)CC[C@]4(C)[C@H]3CC[C@]12C(C)=O.CC(=O)[C@]12CC[C@H]3[C@@H](CC[C@H]4C[C@H](C)CC[C@@]43C)[C@@H]1CC[C@@H]2[C@@H](C)O.C[C@@H]1CC[C@@]2(C)[C@@H](CC[C@@H]3[C@@H]2CC[C@]2(C)[C@@H]([C@@H](C)O)CC[C@@H]32)C1.C[C@H]1OC(=O)[C@]23CC[C@H]4[C@@H](CC[C@H]5C[C@H](CO)CC[C@@]54C)[C@@H]2CC[C@H]13. The van der Waals surface area contributed by atoms with Crippen LogP contribution in [-0.2, 0) is 23.9 Å². The molecule has 99 heavy (non-hydrogen) atoms. The van der Waals surface area contributed by atoms with Gasteiger partial charge in [0.1, 0.15) is 23.5 Å². The molecule has 0 amide bonds. The van der Waals surface area contributed by atoms with Gasteiger partial charge in [0.25, 0.3) is 0 Å². The van der Waals surface area contributed by atoms with Crippen LogP contribution < -0.4 is 0 Å². The van der Waals surface area contributed by atoms with Crippen LogP contribution in [0.2, 0.25) is 0 Å². The zero-order valence-electron chi connectivity index (χ0n) is 65.3. The number of ketones is 3. The number of rotatable bonds is 7. The van der Waals surface area contributed by atoms with E-state index in [4.69, 9.17) is 4.74 Å². The summed E-state index contributed by atoms with van der Waals surface area (Å²) < 4.78 is 5.76. The van der Waals surface area contributed by atoms with Crippen LogP contribution in [0.1, 0.15) is 321 Å². The minimum Gasteiger partial charge on any atom is -0.462 e. The lowest BCUT2D eigenvalue weighted by Crippen LogP contribution is -2.56. The molecule has 0 unspecified atom stereocenters. The Morgan fingerprint density at radius 1 is 0.394 bits per heavy atom. The lowest BCUT2D eigenvalue weighted by Gasteiger charge is -2.61. The summed E-state index contributed by atoms with van der Waals surface area (Å²) in [5, 5.41) is 40.0. The predicted octanol–water partition coefficient (Wildman–Crippen LogP) is 19.5. The zero-order valence-corrected chi connectivity index (χ0v) is 65.3. The third-order valence-electron chi connectivity index (χ3n) is 38.9. The number of cyclic esters (lactones) is 1. The van der Waals surface area contributed by atoms with E-state index < -0.39 is 0 Å². The number of fused-ring (bicyclic) bond motifs is 19. The monoisotopic (exact) mass is 1370 g/mol. The third-order valence-corrected chi connectivity index (χ3v) is 38.9. The summed E-state index contributed by atoms with van der Waals surface area (Å²) >= 11 is 0.